The summed E-state index contributed by atoms with van der Waals surface area (Å²) >= 11 is 3.50. The van der Waals surface area contributed by atoms with Gasteiger partial charge in [0.15, 0.2) is 0 Å². The molecule has 2 aliphatic rings. The summed E-state index contributed by atoms with van der Waals surface area (Å²) in [4.78, 5) is 0. The summed E-state index contributed by atoms with van der Waals surface area (Å²) in [7, 11) is 0. The molecule has 2 heterocycles. The smallest absolute Gasteiger partial charge is 0.0530 e. The molecule has 0 amide bonds. The molecule has 2 aliphatic heterocycles. The molecule has 1 aromatic rings. The Hall–Kier alpha value is -0.380. The van der Waals surface area contributed by atoms with Crippen molar-refractivity contribution in [3.8, 4) is 0 Å². The molecule has 1 aromatic carbocycles. The van der Waals surface area contributed by atoms with Crippen LogP contribution < -0.4 is 5.32 Å². The van der Waals surface area contributed by atoms with Crippen LogP contribution in [0.4, 0.5) is 0 Å². The van der Waals surface area contributed by atoms with Crippen LogP contribution in [0.15, 0.2) is 28.7 Å². The van der Waals surface area contributed by atoms with Crippen LogP contribution in [0.1, 0.15) is 24.3 Å². The average Bonchev–Trinajstić information content (AvgIpc) is 2.80. The fourth-order valence-corrected chi connectivity index (χ4v) is 3.50. The Balaban J connectivity index is 1.91. The van der Waals surface area contributed by atoms with E-state index in [1.807, 2.05) is 0 Å². The van der Waals surface area contributed by atoms with Crippen molar-refractivity contribution in [2.75, 3.05) is 26.3 Å². The summed E-state index contributed by atoms with van der Waals surface area (Å²) in [5.74, 6) is 0.604. The van der Waals surface area contributed by atoms with Gasteiger partial charge < -0.3 is 10.1 Å². The molecule has 17 heavy (non-hydrogen) atoms. The first kappa shape index (κ1) is 11.7. The molecule has 2 unspecified atom stereocenters. The number of halogens is 1. The zero-order valence-electron chi connectivity index (χ0n) is 9.92. The van der Waals surface area contributed by atoms with E-state index < -0.39 is 0 Å². The highest BCUT2D eigenvalue weighted by atomic mass is 79.9. The Morgan fingerprint density at radius 1 is 1.24 bits per heavy atom. The summed E-state index contributed by atoms with van der Waals surface area (Å²) in [6, 6.07) is 8.80. The van der Waals surface area contributed by atoms with Gasteiger partial charge in [-0.15, -0.1) is 0 Å². The lowest BCUT2D eigenvalue weighted by Gasteiger charge is -2.41. The van der Waals surface area contributed by atoms with Crippen LogP contribution in [-0.2, 0) is 4.74 Å². The van der Waals surface area contributed by atoms with E-state index >= 15 is 0 Å². The number of nitrogens with one attached hydrogen (secondary N) is 1. The normalized spacial score (nSPS) is 33.1. The predicted molar refractivity (Wildman–Crippen MR) is 72.2 cm³/mol. The molecule has 1 spiro atoms. The molecule has 3 heteroatoms. The second-order valence-electron chi connectivity index (χ2n) is 5.22. The van der Waals surface area contributed by atoms with Crippen LogP contribution in [0.3, 0.4) is 0 Å². The summed E-state index contributed by atoms with van der Waals surface area (Å²) in [5, 5.41) is 3.53. The van der Waals surface area contributed by atoms with E-state index in [-0.39, 0.29) is 0 Å². The molecule has 3 rings (SSSR count). The Morgan fingerprint density at radius 3 is 2.76 bits per heavy atom. The van der Waals surface area contributed by atoms with E-state index in [0.29, 0.717) is 11.3 Å². The number of hydrogen-bond donors (Lipinski definition) is 1. The number of rotatable bonds is 1. The quantitative estimate of drug-likeness (QED) is 0.860. The maximum absolute atomic E-state index is 5.68. The monoisotopic (exact) mass is 295 g/mol. The van der Waals surface area contributed by atoms with E-state index in [4.69, 9.17) is 4.74 Å². The van der Waals surface area contributed by atoms with Crippen molar-refractivity contribution in [2.45, 2.75) is 18.8 Å². The lowest BCUT2D eigenvalue weighted by atomic mass is 9.67. The van der Waals surface area contributed by atoms with E-state index in [1.165, 1.54) is 18.4 Å². The highest BCUT2D eigenvalue weighted by molar-refractivity contribution is 9.10. The third-order valence-electron chi connectivity index (χ3n) is 4.29. The number of hydrogen-bond acceptors (Lipinski definition) is 2. The highest BCUT2D eigenvalue weighted by Gasteiger charge is 2.44. The molecule has 0 aromatic heterocycles. The van der Waals surface area contributed by atoms with Gasteiger partial charge in [-0.3, -0.25) is 0 Å². The van der Waals surface area contributed by atoms with Crippen molar-refractivity contribution in [2.24, 2.45) is 5.41 Å². The molecule has 2 nitrogen and oxygen atoms in total. The third-order valence-corrected chi connectivity index (χ3v) is 4.82. The summed E-state index contributed by atoms with van der Waals surface area (Å²) in [5.41, 5.74) is 1.84. The van der Waals surface area contributed by atoms with Gasteiger partial charge in [0.25, 0.3) is 0 Å². The predicted octanol–water partition coefficient (Wildman–Crippen LogP) is 2.93. The standard InChI is InChI=1S/C14H18BrNO/c15-12-3-1-11(2-4-12)13-9-16-7-5-14(13)6-8-17-10-14/h1-4,13,16H,5-10H2. The van der Waals surface area contributed by atoms with Gasteiger partial charge in [-0.2, -0.15) is 0 Å². The zero-order chi connectivity index (χ0) is 11.7. The molecule has 0 radical (unpaired) electrons. The minimum Gasteiger partial charge on any atom is -0.381 e. The molecule has 2 saturated heterocycles. The first-order valence-electron chi connectivity index (χ1n) is 6.34. The molecule has 0 aliphatic carbocycles. The zero-order valence-corrected chi connectivity index (χ0v) is 11.5. The third kappa shape index (κ3) is 2.16. The highest BCUT2D eigenvalue weighted by Crippen LogP contribution is 2.46. The molecular formula is C14H18BrNO. The molecule has 2 atom stereocenters. The van der Waals surface area contributed by atoms with Crippen molar-refractivity contribution in [1.82, 2.24) is 5.32 Å². The minimum atomic E-state index is 0.388. The van der Waals surface area contributed by atoms with Crippen molar-refractivity contribution in [3.63, 3.8) is 0 Å². The van der Waals surface area contributed by atoms with Crippen LogP contribution in [-0.4, -0.2) is 26.3 Å². The van der Waals surface area contributed by atoms with Crippen molar-refractivity contribution >= 4 is 15.9 Å². The first-order chi connectivity index (χ1) is 8.30. The summed E-state index contributed by atoms with van der Waals surface area (Å²) in [6.45, 7) is 4.10. The fourth-order valence-electron chi connectivity index (χ4n) is 3.24. The molecular weight excluding hydrogens is 278 g/mol. The topological polar surface area (TPSA) is 21.3 Å². The van der Waals surface area contributed by atoms with E-state index in [1.54, 1.807) is 0 Å². The number of benzene rings is 1. The first-order valence-corrected chi connectivity index (χ1v) is 7.13. The van der Waals surface area contributed by atoms with Gasteiger partial charge in [0.2, 0.25) is 0 Å². The lowest BCUT2D eigenvalue weighted by Crippen LogP contribution is -2.44. The van der Waals surface area contributed by atoms with Crippen LogP contribution >= 0.6 is 15.9 Å². The van der Waals surface area contributed by atoms with Crippen LogP contribution in [0.5, 0.6) is 0 Å². The molecule has 0 bridgehead atoms. The largest absolute Gasteiger partial charge is 0.381 e. The fraction of sp³-hybridized carbons (Fsp3) is 0.571. The minimum absolute atomic E-state index is 0.388. The molecule has 92 valence electrons. The van der Waals surface area contributed by atoms with Gasteiger partial charge in [-0.05, 0) is 37.1 Å². The van der Waals surface area contributed by atoms with Gasteiger partial charge >= 0.3 is 0 Å². The van der Waals surface area contributed by atoms with Gasteiger partial charge in [-0.1, -0.05) is 28.1 Å². The van der Waals surface area contributed by atoms with Crippen LogP contribution in [0.2, 0.25) is 0 Å². The van der Waals surface area contributed by atoms with Gasteiger partial charge in [0.05, 0.1) is 6.61 Å². The second-order valence-corrected chi connectivity index (χ2v) is 6.14. The Kier molecular flexibility index (Phi) is 3.24. The molecule has 1 N–H and O–H groups in total. The van der Waals surface area contributed by atoms with E-state index in [2.05, 4.69) is 45.5 Å². The maximum Gasteiger partial charge on any atom is 0.0530 e. The van der Waals surface area contributed by atoms with Crippen LogP contribution in [0, 0.1) is 5.41 Å². The summed E-state index contributed by atoms with van der Waals surface area (Å²) in [6.07, 6.45) is 2.46. The van der Waals surface area contributed by atoms with Crippen molar-refractivity contribution in [1.29, 1.82) is 0 Å². The number of ether oxygens (including phenoxy) is 1. The van der Waals surface area contributed by atoms with Crippen LogP contribution in [0.25, 0.3) is 0 Å². The Morgan fingerprint density at radius 2 is 2.06 bits per heavy atom. The van der Waals surface area contributed by atoms with E-state index in [0.717, 1.165) is 30.8 Å². The van der Waals surface area contributed by atoms with E-state index in [9.17, 15) is 0 Å². The van der Waals surface area contributed by atoms with Crippen molar-refractivity contribution in [3.05, 3.63) is 34.3 Å². The van der Waals surface area contributed by atoms with Gasteiger partial charge in [-0.25, -0.2) is 0 Å². The van der Waals surface area contributed by atoms with Crippen molar-refractivity contribution < 1.29 is 4.74 Å². The molecule has 0 saturated carbocycles. The maximum atomic E-state index is 5.68. The Labute approximate surface area is 111 Å². The van der Waals surface area contributed by atoms with Gasteiger partial charge in [0, 0.05) is 29.0 Å². The Bertz CT molecular complexity index is 384. The second kappa shape index (κ2) is 4.71. The lowest BCUT2D eigenvalue weighted by molar-refractivity contribution is 0.110. The van der Waals surface area contributed by atoms with Gasteiger partial charge in [0.1, 0.15) is 0 Å². The molecule has 2 fully saturated rings. The SMILES string of the molecule is Brc1ccc(C2CNCCC23CCOC3)cc1. The average molecular weight is 296 g/mol. The number of piperidine rings is 1. The summed E-state index contributed by atoms with van der Waals surface area (Å²) < 4.78 is 6.83.